The molecule has 0 aliphatic carbocycles. The van der Waals surface area contributed by atoms with Crippen LogP contribution in [0.1, 0.15) is 61.9 Å². The molecule has 0 spiro atoms. The van der Waals surface area contributed by atoms with E-state index in [1.165, 1.54) is 29.7 Å². The molecule has 0 unspecified atom stereocenters. The summed E-state index contributed by atoms with van der Waals surface area (Å²) in [5.74, 6) is 0.890. The molecule has 3 aromatic carbocycles. The highest BCUT2D eigenvalue weighted by molar-refractivity contribution is 7.99. The third kappa shape index (κ3) is 7.38. The monoisotopic (exact) mass is 525 g/mol. The zero-order chi connectivity index (χ0) is 26.6. The lowest BCUT2D eigenvalue weighted by molar-refractivity contribution is 0.0954. The number of amides is 1. The number of aryl methyl sites for hydroxylation is 1. The van der Waals surface area contributed by atoms with Gasteiger partial charge in [-0.3, -0.25) is 4.79 Å². The van der Waals surface area contributed by atoms with E-state index in [1.54, 1.807) is 11.8 Å². The molecule has 0 radical (unpaired) electrons. The van der Waals surface area contributed by atoms with Crippen LogP contribution in [0.4, 0.5) is 0 Å². The molecule has 0 saturated heterocycles. The lowest BCUT2D eigenvalue weighted by Gasteiger charge is -2.13. The molecule has 4 aromatic rings. The molecule has 0 saturated carbocycles. The fourth-order valence-electron chi connectivity index (χ4n) is 4.50. The number of hydrogen-bond donors (Lipinski definition) is 1. The van der Waals surface area contributed by atoms with Crippen molar-refractivity contribution < 1.29 is 4.79 Å². The van der Waals surface area contributed by atoms with E-state index < -0.39 is 0 Å². The number of nitrogens with zero attached hydrogens (tertiary/aromatic N) is 2. The van der Waals surface area contributed by atoms with Crippen molar-refractivity contribution in [3.63, 3.8) is 0 Å². The summed E-state index contributed by atoms with van der Waals surface area (Å²) in [6.45, 7) is 6.01. The second-order valence-electron chi connectivity index (χ2n) is 9.59. The number of aromatic nitrogens is 2. The second-order valence-corrected chi connectivity index (χ2v) is 10.6. The zero-order valence-electron chi connectivity index (χ0n) is 22.7. The fourth-order valence-corrected chi connectivity index (χ4v) is 5.46. The quantitative estimate of drug-likeness (QED) is 0.133. The first-order valence-electron chi connectivity index (χ1n) is 13.9. The molecule has 1 heterocycles. The van der Waals surface area contributed by atoms with Gasteiger partial charge in [0.1, 0.15) is 0 Å². The first-order chi connectivity index (χ1) is 18.7. The van der Waals surface area contributed by atoms with Crippen molar-refractivity contribution in [1.29, 1.82) is 0 Å². The van der Waals surface area contributed by atoms with Gasteiger partial charge in [-0.15, -0.1) is 0 Å². The van der Waals surface area contributed by atoms with Crippen molar-refractivity contribution in [2.24, 2.45) is 0 Å². The van der Waals surface area contributed by atoms with Crippen LogP contribution in [0, 0.1) is 0 Å². The van der Waals surface area contributed by atoms with Gasteiger partial charge in [-0.1, -0.05) is 111 Å². The van der Waals surface area contributed by atoms with Gasteiger partial charge in [-0.25, -0.2) is 4.98 Å². The van der Waals surface area contributed by atoms with Gasteiger partial charge < -0.3 is 9.88 Å². The predicted octanol–water partition coefficient (Wildman–Crippen LogP) is 8.27. The molecule has 0 aliphatic heterocycles. The molecule has 4 nitrogen and oxygen atoms in total. The van der Waals surface area contributed by atoms with Crippen molar-refractivity contribution in [1.82, 2.24) is 14.9 Å². The van der Waals surface area contributed by atoms with Crippen molar-refractivity contribution >= 4 is 17.7 Å². The highest BCUT2D eigenvalue weighted by Crippen LogP contribution is 2.36. The van der Waals surface area contributed by atoms with E-state index >= 15 is 0 Å². The summed E-state index contributed by atoms with van der Waals surface area (Å²) < 4.78 is 2.39. The maximum atomic E-state index is 12.6. The maximum Gasteiger partial charge on any atom is 0.251 e. The number of thioether (sulfide) groups is 1. The van der Waals surface area contributed by atoms with Gasteiger partial charge in [0.05, 0.1) is 11.4 Å². The Morgan fingerprint density at radius 2 is 1.47 bits per heavy atom. The van der Waals surface area contributed by atoms with Crippen LogP contribution in [0.2, 0.25) is 0 Å². The van der Waals surface area contributed by atoms with Crippen LogP contribution in [0.5, 0.6) is 0 Å². The van der Waals surface area contributed by atoms with Crippen molar-refractivity contribution in [3.8, 4) is 22.5 Å². The van der Waals surface area contributed by atoms with Gasteiger partial charge >= 0.3 is 0 Å². The van der Waals surface area contributed by atoms with Crippen LogP contribution in [0.15, 0.2) is 90.1 Å². The molecule has 0 fully saturated rings. The SMILES string of the molecule is CCCCc1ccc(C(=O)NCCCSc2nc(-c3ccccc3)c(-c3ccccc3)n2CCCC)cc1. The first kappa shape index (κ1) is 27.7. The Morgan fingerprint density at radius 3 is 2.13 bits per heavy atom. The highest BCUT2D eigenvalue weighted by Gasteiger charge is 2.20. The molecule has 198 valence electrons. The van der Waals surface area contributed by atoms with Gasteiger partial charge in [0.15, 0.2) is 5.16 Å². The Bertz CT molecular complexity index is 1270. The number of carbonyl (C=O) groups is 1. The Kier molecular flexibility index (Phi) is 10.6. The lowest BCUT2D eigenvalue weighted by Crippen LogP contribution is -2.24. The number of unbranched alkanes of at least 4 members (excludes halogenated alkanes) is 2. The fraction of sp³-hybridized carbons (Fsp3) is 0.333. The van der Waals surface area contributed by atoms with E-state index in [9.17, 15) is 4.79 Å². The van der Waals surface area contributed by atoms with Crippen molar-refractivity contribution in [2.45, 2.75) is 64.1 Å². The molecule has 1 aromatic heterocycles. The van der Waals surface area contributed by atoms with Crippen LogP contribution in [0.3, 0.4) is 0 Å². The van der Waals surface area contributed by atoms with Crippen LogP contribution < -0.4 is 5.32 Å². The highest BCUT2D eigenvalue weighted by atomic mass is 32.2. The Balaban J connectivity index is 1.43. The predicted molar refractivity (Wildman–Crippen MR) is 161 cm³/mol. The van der Waals surface area contributed by atoms with Crippen LogP contribution in [-0.4, -0.2) is 27.8 Å². The molecule has 0 aliphatic rings. The Morgan fingerprint density at radius 1 is 0.816 bits per heavy atom. The van der Waals surface area contributed by atoms with E-state index in [4.69, 9.17) is 4.98 Å². The molecule has 5 heteroatoms. The Hall–Kier alpha value is -3.31. The summed E-state index contributed by atoms with van der Waals surface area (Å²) in [5, 5.41) is 4.13. The summed E-state index contributed by atoms with van der Waals surface area (Å²) in [7, 11) is 0. The molecule has 0 atom stereocenters. The van der Waals surface area contributed by atoms with E-state index in [1.807, 2.05) is 18.2 Å². The van der Waals surface area contributed by atoms with E-state index in [0.717, 1.165) is 60.0 Å². The zero-order valence-corrected chi connectivity index (χ0v) is 23.5. The summed E-state index contributed by atoms with van der Waals surface area (Å²) in [5.41, 5.74) is 6.57. The van der Waals surface area contributed by atoms with Crippen LogP contribution in [0.25, 0.3) is 22.5 Å². The van der Waals surface area contributed by atoms with Crippen molar-refractivity contribution in [3.05, 3.63) is 96.1 Å². The van der Waals surface area contributed by atoms with E-state index in [0.29, 0.717) is 6.54 Å². The molecule has 1 N–H and O–H groups in total. The second kappa shape index (κ2) is 14.6. The normalized spacial score (nSPS) is 11.0. The average molecular weight is 526 g/mol. The largest absolute Gasteiger partial charge is 0.352 e. The lowest BCUT2D eigenvalue weighted by atomic mass is 10.0. The van der Waals surface area contributed by atoms with E-state index in [-0.39, 0.29) is 5.91 Å². The minimum Gasteiger partial charge on any atom is -0.352 e. The first-order valence-corrected chi connectivity index (χ1v) is 14.9. The summed E-state index contributed by atoms with van der Waals surface area (Å²) in [6.07, 6.45) is 6.54. The molecule has 4 rings (SSSR count). The van der Waals surface area contributed by atoms with Crippen LogP contribution in [-0.2, 0) is 13.0 Å². The summed E-state index contributed by atoms with van der Waals surface area (Å²) in [4.78, 5) is 17.8. The van der Waals surface area contributed by atoms with Crippen molar-refractivity contribution in [2.75, 3.05) is 12.3 Å². The number of carbonyl (C=O) groups excluding carboxylic acids is 1. The smallest absolute Gasteiger partial charge is 0.251 e. The number of benzene rings is 3. The number of nitrogens with one attached hydrogen (secondary N) is 1. The van der Waals surface area contributed by atoms with E-state index in [2.05, 4.69) is 90.5 Å². The van der Waals surface area contributed by atoms with Crippen LogP contribution >= 0.6 is 11.8 Å². The van der Waals surface area contributed by atoms with Gasteiger partial charge in [-0.2, -0.15) is 0 Å². The number of rotatable bonds is 14. The van der Waals surface area contributed by atoms with Gasteiger partial charge in [-0.05, 0) is 43.4 Å². The minimum absolute atomic E-state index is 0.000727. The number of hydrogen-bond acceptors (Lipinski definition) is 3. The number of imidazole rings is 1. The maximum absolute atomic E-state index is 12.6. The topological polar surface area (TPSA) is 46.9 Å². The molecular formula is C33H39N3OS. The third-order valence-electron chi connectivity index (χ3n) is 6.64. The molecular weight excluding hydrogens is 486 g/mol. The van der Waals surface area contributed by atoms with Gasteiger partial charge in [0, 0.05) is 35.5 Å². The molecule has 38 heavy (non-hydrogen) atoms. The van der Waals surface area contributed by atoms with Gasteiger partial charge in [0.2, 0.25) is 0 Å². The standard InChI is InChI=1S/C33H39N3OS/c1-3-5-14-26-19-21-29(22-20-26)32(37)34-23-13-25-38-33-35-30(27-15-9-7-10-16-27)31(36(33)24-6-4-2)28-17-11-8-12-18-28/h7-12,15-22H,3-6,13-14,23-25H2,1-2H3,(H,34,37). The molecule has 0 bridgehead atoms. The van der Waals surface area contributed by atoms with Gasteiger partial charge in [0.25, 0.3) is 5.91 Å². The average Bonchev–Trinajstić information content (AvgIpc) is 3.34. The summed E-state index contributed by atoms with van der Waals surface area (Å²) in [6, 6.07) is 29.1. The Labute approximate surface area is 231 Å². The third-order valence-corrected chi connectivity index (χ3v) is 7.70. The molecule has 1 amide bonds. The summed E-state index contributed by atoms with van der Waals surface area (Å²) >= 11 is 1.78. The minimum atomic E-state index is -0.000727.